The van der Waals surface area contributed by atoms with Crippen molar-refractivity contribution < 1.29 is 8.42 Å². The number of nitrogens with zero attached hydrogens (tertiary/aromatic N) is 2. The van der Waals surface area contributed by atoms with Crippen LogP contribution in [0.15, 0.2) is 53.7 Å². The lowest BCUT2D eigenvalue weighted by Crippen LogP contribution is -2.43. The summed E-state index contributed by atoms with van der Waals surface area (Å²) in [5.74, 6) is 0.816. The molecule has 8 heteroatoms. The average molecular weight is 357 g/mol. The molecule has 1 saturated heterocycles. The van der Waals surface area contributed by atoms with E-state index in [0.717, 1.165) is 42.9 Å². The number of H-pyrrole nitrogens is 1. The molecule has 1 fully saturated rings. The number of piperazine rings is 1. The molecular weight excluding hydrogens is 338 g/mol. The summed E-state index contributed by atoms with van der Waals surface area (Å²) >= 11 is 0. The van der Waals surface area contributed by atoms with E-state index in [9.17, 15) is 8.42 Å². The number of fused-ring (bicyclic) bond motifs is 1. The molecule has 7 nitrogen and oxygen atoms in total. The third-order valence-electron chi connectivity index (χ3n) is 4.23. The van der Waals surface area contributed by atoms with E-state index < -0.39 is 10.0 Å². The Bertz CT molecular complexity index is 979. The second kappa shape index (κ2) is 6.38. The lowest BCUT2D eigenvalue weighted by molar-refractivity contribution is 0.586. The van der Waals surface area contributed by atoms with Gasteiger partial charge in [-0.1, -0.05) is 18.2 Å². The summed E-state index contributed by atoms with van der Waals surface area (Å²) in [4.78, 5) is 9.65. The molecule has 0 unspecified atom stereocenters. The number of nitrogens with one attached hydrogen (secondary N) is 3. The van der Waals surface area contributed by atoms with Gasteiger partial charge in [0.1, 0.15) is 5.82 Å². The number of benzene rings is 1. The summed E-state index contributed by atoms with van der Waals surface area (Å²) in [5, 5.41) is 4.26. The minimum Gasteiger partial charge on any atom is -0.354 e. The SMILES string of the molecule is O=S(=O)(Nc1ccccc1)c1cc2c(N3CCNCC3)nccc2[nH]1. The van der Waals surface area contributed by atoms with E-state index >= 15 is 0 Å². The molecule has 130 valence electrons. The highest BCUT2D eigenvalue weighted by Gasteiger charge is 2.21. The molecule has 4 rings (SSSR count). The number of aromatic amines is 1. The smallest absolute Gasteiger partial charge is 0.277 e. The summed E-state index contributed by atoms with van der Waals surface area (Å²) in [6, 6.07) is 12.3. The monoisotopic (exact) mass is 357 g/mol. The Kier molecular flexibility index (Phi) is 4.06. The molecule has 1 aliphatic heterocycles. The quantitative estimate of drug-likeness (QED) is 0.662. The minimum atomic E-state index is -3.69. The van der Waals surface area contributed by atoms with Gasteiger partial charge in [-0.05, 0) is 24.3 Å². The van der Waals surface area contributed by atoms with Crippen LogP contribution in [-0.2, 0) is 10.0 Å². The van der Waals surface area contributed by atoms with Crippen LogP contribution < -0.4 is 14.9 Å². The van der Waals surface area contributed by atoms with E-state index in [1.807, 2.05) is 6.07 Å². The topological polar surface area (TPSA) is 90.1 Å². The number of sulfonamides is 1. The van der Waals surface area contributed by atoms with Gasteiger partial charge in [0, 0.05) is 43.4 Å². The van der Waals surface area contributed by atoms with Crippen LogP contribution in [0, 0.1) is 0 Å². The minimum absolute atomic E-state index is 0.135. The Labute approximate surface area is 146 Å². The second-order valence-corrected chi connectivity index (χ2v) is 7.59. The number of aromatic nitrogens is 2. The molecule has 0 radical (unpaired) electrons. The number of hydrogen-bond acceptors (Lipinski definition) is 5. The van der Waals surface area contributed by atoms with Crippen molar-refractivity contribution in [2.45, 2.75) is 5.03 Å². The number of hydrogen-bond donors (Lipinski definition) is 3. The summed E-state index contributed by atoms with van der Waals surface area (Å²) in [7, 11) is -3.69. The Morgan fingerprint density at radius 2 is 1.84 bits per heavy atom. The second-order valence-electron chi connectivity index (χ2n) is 5.94. The standard InChI is InChI=1S/C17H19N5O2S/c23-25(24,21-13-4-2-1-3-5-13)16-12-14-15(20-16)6-7-19-17(14)22-10-8-18-9-11-22/h1-7,12,18,20-21H,8-11H2. The Balaban J connectivity index is 1.71. The van der Waals surface area contributed by atoms with Gasteiger partial charge < -0.3 is 15.2 Å². The van der Waals surface area contributed by atoms with E-state index in [1.54, 1.807) is 42.6 Å². The maximum Gasteiger partial charge on any atom is 0.277 e. The number of rotatable bonds is 4. The van der Waals surface area contributed by atoms with Gasteiger partial charge in [-0.15, -0.1) is 0 Å². The Morgan fingerprint density at radius 1 is 1.08 bits per heavy atom. The maximum atomic E-state index is 12.7. The summed E-state index contributed by atoms with van der Waals surface area (Å²) in [5.41, 5.74) is 1.29. The van der Waals surface area contributed by atoms with Crippen LogP contribution in [0.3, 0.4) is 0 Å². The van der Waals surface area contributed by atoms with Crippen LogP contribution in [0.1, 0.15) is 0 Å². The molecule has 2 aromatic heterocycles. The van der Waals surface area contributed by atoms with Crippen molar-refractivity contribution in [1.29, 1.82) is 0 Å². The lowest BCUT2D eigenvalue weighted by atomic mass is 10.2. The molecule has 0 atom stereocenters. The van der Waals surface area contributed by atoms with Gasteiger partial charge in [0.05, 0.1) is 5.52 Å². The lowest BCUT2D eigenvalue weighted by Gasteiger charge is -2.28. The normalized spacial score (nSPS) is 15.4. The van der Waals surface area contributed by atoms with E-state index in [4.69, 9.17) is 0 Å². The highest BCUT2D eigenvalue weighted by atomic mass is 32.2. The number of pyridine rings is 1. The zero-order valence-corrected chi connectivity index (χ0v) is 14.4. The van der Waals surface area contributed by atoms with Crippen molar-refractivity contribution in [3.63, 3.8) is 0 Å². The zero-order chi connectivity index (χ0) is 17.3. The molecule has 0 saturated carbocycles. The van der Waals surface area contributed by atoms with Crippen molar-refractivity contribution in [2.24, 2.45) is 0 Å². The van der Waals surface area contributed by atoms with Gasteiger partial charge in [-0.3, -0.25) is 4.72 Å². The van der Waals surface area contributed by atoms with Crippen LogP contribution in [0.2, 0.25) is 0 Å². The molecule has 3 N–H and O–H groups in total. The van der Waals surface area contributed by atoms with Crippen molar-refractivity contribution in [2.75, 3.05) is 35.8 Å². The first kappa shape index (κ1) is 15.9. The van der Waals surface area contributed by atoms with Crippen LogP contribution in [-0.4, -0.2) is 44.6 Å². The van der Waals surface area contributed by atoms with Crippen LogP contribution in [0.4, 0.5) is 11.5 Å². The molecule has 1 aromatic carbocycles. The molecule has 1 aliphatic rings. The van der Waals surface area contributed by atoms with Gasteiger partial charge in [0.15, 0.2) is 5.03 Å². The first-order valence-corrected chi connectivity index (χ1v) is 9.63. The maximum absolute atomic E-state index is 12.7. The van der Waals surface area contributed by atoms with Crippen LogP contribution >= 0.6 is 0 Å². The van der Waals surface area contributed by atoms with Crippen LogP contribution in [0.5, 0.6) is 0 Å². The first-order chi connectivity index (χ1) is 12.1. The molecule has 0 spiro atoms. The van der Waals surface area contributed by atoms with E-state index in [1.165, 1.54) is 0 Å². The predicted octanol–water partition coefficient (Wildman–Crippen LogP) is 1.77. The molecule has 0 amide bonds. The molecule has 3 heterocycles. The molecule has 0 bridgehead atoms. The third-order valence-corrected chi connectivity index (χ3v) is 5.54. The Morgan fingerprint density at radius 3 is 2.60 bits per heavy atom. The fourth-order valence-electron chi connectivity index (χ4n) is 3.00. The molecule has 25 heavy (non-hydrogen) atoms. The molecule has 3 aromatic rings. The summed E-state index contributed by atoms with van der Waals surface area (Å²) in [6.45, 7) is 3.48. The van der Waals surface area contributed by atoms with Crippen molar-refractivity contribution >= 4 is 32.4 Å². The van der Waals surface area contributed by atoms with Crippen LogP contribution in [0.25, 0.3) is 10.9 Å². The fourth-order valence-corrected chi connectivity index (χ4v) is 4.08. The van der Waals surface area contributed by atoms with Crippen molar-refractivity contribution in [1.82, 2.24) is 15.3 Å². The zero-order valence-electron chi connectivity index (χ0n) is 13.6. The molecule has 0 aliphatic carbocycles. The number of para-hydroxylation sites is 1. The Hall–Kier alpha value is -2.58. The summed E-state index contributed by atoms with van der Waals surface area (Å²) < 4.78 is 27.9. The van der Waals surface area contributed by atoms with E-state index in [-0.39, 0.29) is 5.03 Å². The largest absolute Gasteiger partial charge is 0.354 e. The van der Waals surface area contributed by atoms with Gasteiger partial charge in [0.25, 0.3) is 10.0 Å². The van der Waals surface area contributed by atoms with Gasteiger partial charge in [-0.2, -0.15) is 8.42 Å². The van der Waals surface area contributed by atoms with E-state index in [0.29, 0.717) is 5.69 Å². The first-order valence-electron chi connectivity index (χ1n) is 8.15. The highest BCUT2D eigenvalue weighted by Crippen LogP contribution is 2.28. The van der Waals surface area contributed by atoms with Gasteiger partial charge in [0.2, 0.25) is 0 Å². The average Bonchev–Trinajstić information content (AvgIpc) is 3.08. The van der Waals surface area contributed by atoms with Gasteiger partial charge >= 0.3 is 0 Å². The number of anilines is 2. The van der Waals surface area contributed by atoms with Gasteiger partial charge in [-0.25, -0.2) is 4.98 Å². The fraction of sp³-hybridized carbons (Fsp3) is 0.235. The molecular formula is C17H19N5O2S. The van der Waals surface area contributed by atoms with E-state index in [2.05, 4.69) is 24.9 Å². The third kappa shape index (κ3) is 3.18. The highest BCUT2D eigenvalue weighted by molar-refractivity contribution is 7.92. The van der Waals surface area contributed by atoms with Crippen molar-refractivity contribution in [3.8, 4) is 0 Å². The predicted molar refractivity (Wildman–Crippen MR) is 98.4 cm³/mol. The van der Waals surface area contributed by atoms with Crippen molar-refractivity contribution in [3.05, 3.63) is 48.7 Å². The summed E-state index contributed by atoms with van der Waals surface area (Å²) in [6.07, 6.45) is 1.71.